The summed E-state index contributed by atoms with van der Waals surface area (Å²) >= 11 is 0. The number of hydrogen-bond donors (Lipinski definition) is 1. The van der Waals surface area contributed by atoms with Crippen LogP contribution < -0.4 is 5.32 Å². The molecular weight excluding hydrogens is 460 g/mol. The predicted molar refractivity (Wildman–Crippen MR) is 137 cm³/mol. The molecule has 36 heavy (non-hydrogen) atoms. The van der Waals surface area contributed by atoms with Gasteiger partial charge in [-0.1, -0.05) is 18.2 Å². The fourth-order valence-corrected chi connectivity index (χ4v) is 4.49. The maximum absolute atomic E-state index is 14.9. The molecule has 0 fully saturated rings. The van der Waals surface area contributed by atoms with E-state index in [1.54, 1.807) is 12.3 Å². The highest BCUT2D eigenvalue weighted by Crippen LogP contribution is 2.30. The molecule has 7 nitrogen and oxygen atoms in total. The first-order valence-corrected chi connectivity index (χ1v) is 11.8. The molecule has 0 saturated carbocycles. The van der Waals surface area contributed by atoms with E-state index in [1.165, 1.54) is 6.07 Å². The zero-order valence-electron chi connectivity index (χ0n) is 20.6. The molecule has 0 unspecified atom stereocenters. The second kappa shape index (κ2) is 9.49. The van der Waals surface area contributed by atoms with Crippen molar-refractivity contribution >= 4 is 22.8 Å². The Morgan fingerprint density at radius 3 is 2.50 bits per heavy atom. The van der Waals surface area contributed by atoms with Gasteiger partial charge in [-0.05, 0) is 63.7 Å². The van der Waals surface area contributed by atoms with E-state index in [1.807, 2.05) is 49.6 Å². The number of fused-ring (bicyclic) bond motifs is 1. The number of imidazole rings is 1. The zero-order chi connectivity index (χ0) is 25.4. The molecule has 1 N–H and O–H groups in total. The Balaban J connectivity index is 1.42. The molecule has 1 aliphatic heterocycles. The van der Waals surface area contributed by atoms with Gasteiger partial charge in [0.15, 0.2) is 11.6 Å². The van der Waals surface area contributed by atoms with Crippen LogP contribution in [-0.2, 0) is 0 Å². The van der Waals surface area contributed by atoms with Gasteiger partial charge in [0.05, 0.1) is 17.8 Å². The molecule has 0 aliphatic carbocycles. The second-order valence-electron chi connectivity index (χ2n) is 9.08. The van der Waals surface area contributed by atoms with Crippen LogP contribution >= 0.6 is 0 Å². The predicted octanol–water partition coefficient (Wildman–Crippen LogP) is 6.25. The number of pyridine rings is 1. The van der Waals surface area contributed by atoms with Crippen LogP contribution in [0.5, 0.6) is 0 Å². The van der Waals surface area contributed by atoms with Crippen molar-refractivity contribution < 1.29 is 8.78 Å². The second-order valence-corrected chi connectivity index (χ2v) is 9.08. The first-order chi connectivity index (χ1) is 17.3. The molecular formula is C27H27F2N7. The number of nitrogens with one attached hydrogen (secondary N) is 1. The van der Waals surface area contributed by atoms with E-state index >= 15 is 0 Å². The summed E-state index contributed by atoms with van der Waals surface area (Å²) in [5, 5.41) is 3.02. The molecule has 4 aromatic rings. The van der Waals surface area contributed by atoms with Gasteiger partial charge in [-0.25, -0.2) is 28.7 Å². The Hall–Kier alpha value is -4.14. The summed E-state index contributed by atoms with van der Waals surface area (Å²) in [5.41, 5.74) is 2.22. The van der Waals surface area contributed by atoms with Crippen molar-refractivity contribution in [1.29, 1.82) is 0 Å². The molecule has 0 saturated heterocycles. The summed E-state index contributed by atoms with van der Waals surface area (Å²) in [6.07, 6.45) is 11.1. The largest absolute Gasteiger partial charge is 0.367 e. The highest BCUT2D eigenvalue weighted by atomic mass is 19.1. The van der Waals surface area contributed by atoms with Gasteiger partial charge in [-0.2, -0.15) is 0 Å². The summed E-state index contributed by atoms with van der Waals surface area (Å²) in [7, 11) is 0. The molecule has 0 radical (unpaired) electrons. The van der Waals surface area contributed by atoms with E-state index in [0.717, 1.165) is 18.3 Å². The lowest BCUT2D eigenvalue weighted by Gasteiger charge is -2.28. The summed E-state index contributed by atoms with van der Waals surface area (Å²) in [4.78, 5) is 19.4. The van der Waals surface area contributed by atoms with Gasteiger partial charge >= 0.3 is 0 Å². The summed E-state index contributed by atoms with van der Waals surface area (Å²) in [6, 6.07) is 7.01. The minimum absolute atomic E-state index is 0.00218. The normalized spacial score (nSPS) is 14.1. The molecule has 0 bridgehead atoms. The highest BCUT2D eigenvalue weighted by Gasteiger charge is 2.19. The Morgan fingerprint density at radius 2 is 1.81 bits per heavy atom. The van der Waals surface area contributed by atoms with Gasteiger partial charge in [-0.15, -0.1) is 0 Å². The third-order valence-corrected chi connectivity index (χ3v) is 6.31. The average molecular weight is 488 g/mol. The minimum Gasteiger partial charge on any atom is -0.367 e. The standard InChI is InChI=1S/C27H27F2N7/c1-16(2)36-18(4)32-26-21(28)12-20(13-23(26)36)25-22(29)15-31-27(34-25)33-24-9-8-19(14-30-24)17(3)35-10-6-5-7-11-35/h5-10,12-17H,11H2,1-4H3,(H,30,31,33,34)/t17-/m0/s1. The number of aromatic nitrogens is 5. The molecule has 5 rings (SSSR count). The Morgan fingerprint density at radius 1 is 0.972 bits per heavy atom. The topological polar surface area (TPSA) is 71.8 Å². The van der Waals surface area contributed by atoms with Crippen molar-refractivity contribution in [1.82, 2.24) is 29.4 Å². The highest BCUT2D eigenvalue weighted by molar-refractivity contribution is 5.83. The van der Waals surface area contributed by atoms with Crippen LogP contribution in [0.1, 0.15) is 44.2 Å². The van der Waals surface area contributed by atoms with Crippen LogP contribution in [0, 0.1) is 18.6 Å². The molecule has 4 heterocycles. The Bertz CT molecular complexity index is 1470. The van der Waals surface area contributed by atoms with Crippen molar-refractivity contribution in [3.05, 3.63) is 84.1 Å². The molecule has 0 spiro atoms. The summed E-state index contributed by atoms with van der Waals surface area (Å²) in [6.45, 7) is 8.77. The number of aryl methyl sites for hydroxylation is 1. The van der Waals surface area contributed by atoms with Gasteiger partial charge in [0, 0.05) is 24.3 Å². The van der Waals surface area contributed by atoms with E-state index in [2.05, 4.69) is 49.4 Å². The number of allylic oxidation sites excluding steroid dienone is 2. The van der Waals surface area contributed by atoms with Crippen molar-refractivity contribution in [3.63, 3.8) is 0 Å². The molecule has 1 atom stereocenters. The first kappa shape index (κ1) is 23.6. The SMILES string of the molecule is Cc1nc2c(F)cc(-c3nc(Nc4ccc([C@H](C)N5C=CC=CC5)cn4)ncc3F)cc2n1C(C)C. The van der Waals surface area contributed by atoms with Gasteiger partial charge < -0.3 is 14.8 Å². The molecule has 0 amide bonds. The van der Waals surface area contributed by atoms with Crippen LogP contribution in [0.15, 0.2) is 61.1 Å². The monoisotopic (exact) mass is 487 g/mol. The van der Waals surface area contributed by atoms with Crippen LogP contribution in [0.4, 0.5) is 20.5 Å². The van der Waals surface area contributed by atoms with Gasteiger partial charge in [-0.3, -0.25) is 0 Å². The lowest BCUT2D eigenvalue weighted by atomic mass is 10.1. The van der Waals surface area contributed by atoms with Crippen molar-refractivity contribution in [2.45, 2.75) is 39.8 Å². The van der Waals surface area contributed by atoms with E-state index in [4.69, 9.17) is 0 Å². The van der Waals surface area contributed by atoms with Crippen molar-refractivity contribution in [2.24, 2.45) is 0 Å². The fraction of sp³-hybridized carbons (Fsp3) is 0.259. The average Bonchev–Trinajstić information content (AvgIpc) is 3.22. The van der Waals surface area contributed by atoms with E-state index in [9.17, 15) is 8.78 Å². The van der Waals surface area contributed by atoms with Crippen LogP contribution in [0.3, 0.4) is 0 Å². The third kappa shape index (κ3) is 4.44. The number of hydrogen-bond acceptors (Lipinski definition) is 6. The maximum atomic E-state index is 14.9. The first-order valence-electron chi connectivity index (χ1n) is 11.8. The fourth-order valence-electron chi connectivity index (χ4n) is 4.49. The quantitative estimate of drug-likeness (QED) is 0.347. The maximum Gasteiger partial charge on any atom is 0.229 e. The number of rotatable bonds is 6. The Labute approximate surface area is 208 Å². The summed E-state index contributed by atoms with van der Waals surface area (Å²) < 4.78 is 31.6. The minimum atomic E-state index is -0.646. The van der Waals surface area contributed by atoms with Gasteiger partial charge in [0.25, 0.3) is 0 Å². The van der Waals surface area contributed by atoms with Crippen molar-refractivity contribution in [2.75, 3.05) is 11.9 Å². The lowest BCUT2D eigenvalue weighted by Crippen LogP contribution is -2.22. The number of halogens is 2. The molecule has 1 aromatic carbocycles. The van der Waals surface area contributed by atoms with Gasteiger partial charge in [0.1, 0.15) is 22.9 Å². The third-order valence-electron chi connectivity index (χ3n) is 6.31. The van der Waals surface area contributed by atoms with Crippen LogP contribution in [0.25, 0.3) is 22.3 Å². The summed E-state index contributed by atoms with van der Waals surface area (Å²) in [5.74, 6) is 0.208. The van der Waals surface area contributed by atoms with Gasteiger partial charge in [0.2, 0.25) is 5.95 Å². The van der Waals surface area contributed by atoms with E-state index < -0.39 is 11.6 Å². The van der Waals surface area contributed by atoms with E-state index in [-0.39, 0.29) is 29.2 Å². The molecule has 3 aromatic heterocycles. The lowest BCUT2D eigenvalue weighted by molar-refractivity contribution is 0.325. The smallest absolute Gasteiger partial charge is 0.229 e. The molecule has 9 heteroatoms. The number of benzene rings is 1. The zero-order valence-corrected chi connectivity index (χ0v) is 20.6. The Kier molecular flexibility index (Phi) is 6.22. The number of anilines is 2. The molecule has 184 valence electrons. The van der Waals surface area contributed by atoms with Crippen LogP contribution in [0.2, 0.25) is 0 Å². The van der Waals surface area contributed by atoms with Crippen molar-refractivity contribution in [3.8, 4) is 11.3 Å². The van der Waals surface area contributed by atoms with Crippen LogP contribution in [-0.4, -0.2) is 35.9 Å². The molecule has 1 aliphatic rings. The number of nitrogens with zero attached hydrogens (tertiary/aromatic N) is 6. The van der Waals surface area contributed by atoms with E-state index in [0.29, 0.717) is 22.7 Å².